The molecule has 0 atom stereocenters. The zero-order chi connectivity index (χ0) is 14.6. The number of rotatable bonds is 4. The van der Waals surface area contributed by atoms with E-state index in [9.17, 15) is 4.79 Å². The van der Waals surface area contributed by atoms with Gasteiger partial charge in [-0.3, -0.25) is 0 Å². The number of nitrogens with one attached hydrogen (secondary N) is 1. The summed E-state index contributed by atoms with van der Waals surface area (Å²) in [6.45, 7) is 13.4. The van der Waals surface area contributed by atoms with Crippen molar-refractivity contribution in [2.75, 3.05) is 0 Å². The first kappa shape index (κ1) is 15.3. The molecule has 1 aromatic carbocycles. The Morgan fingerprint density at radius 1 is 1.37 bits per heavy atom. The first-order chi connectivity index (χ1) is 8.72. The van der Waals surface area contributed by atoms with E-state index in [0.29, 0.717) is 0 Å². The fourth-order valence-corrected chi connectivity index (χ4v) is 1.71. The van der Waals surface area contributed by atoms with Crippen molar-refractivity contribution < 1.29 is 9.53 Å². The average Bonchev–Trinajstić information content (AvgIpc) is 2.27. The van der Waals surface area contributed by atoms with Gasteiger partial charge in [0.2, 0.25) is 0 Å². The van der Waals surface area contributed by atoms with Gasteiger partial charge in [-0.05, 0) is 51.8 Å². The molecule has 1 amide bonds. The average molecular weight is 261 g/mol. The second kappa shape index (κ2) is 5.91. The molecule has 0 heterocycles. The van der Waals surface area contributed by atoms with E-state index in [-0.39, 0.29) is 6.04 Å². The highest BCUT2D eigenvalue weighted by Gasteiger charge is 2.25. The van der Waals surface area contributed by atoms with Crippen molar-refractivity contribution in [2.45, 2.75) is 46.3 Å². The number of amides is 1. The van der Waals surface area contributed by atoms with E-state index in [0.717, 1.165) is 16.7 Å². The van der Waals surface area contributed by atoms with Gasteiger partial charge in [-0.25, -0.2) is 4.79 Å². The normalized spacial score (nSPS) is 11.3. The molecule has 0 aromatic heterocycles. The maximum atomic E-state index is 11.7. The molecule has 19 heavy (non-hydrogen) atoms. The van der Waals surface area contributed by atoms with Crippen LogP contribution in [0.1, 0.15) is 45.7 Å². The predicted octanol–water partition coefficient (Wildman–Crippen LogP) is 4.09. The van der Waals surface area contributed by atoms with Gasteiger partial charge in [0.1, 0.15) is 5.60 Å². The minimum atomic E-state index is -0.676. The highest BCUT2D eigenvalue weighted by Crippen LogP contribution is 2.27. The van der Waals surface area contributed by atoms with Crippen LogP contribution in [0.25, 0.3) is 5.57 Å². The number of hydrogen-bond donors (Lipinski definition) is 1. The minimum absolute atomic E-state index is 0.0602. The Kier molecular flexibility index (Phi) is 4.76. The third-order valence-corrected chi connectivity index (χ3v) is 2.80. The quantitative estimate of drug-likeness (QED) is 0.886. The monoisotopic (exact) mass is 261 g/mol. The summed E-state index contributed by atoms with van der Waals surface area (Å²) in [6, 6.07) is 7.96. The van der Waals surface area contributed by atoms with E-state index in [1.807, 2.05) is 58.9 Å². The first-order valence-electron chi connectivity index (χ1n) is 6.48. The lowest BCUT2D eigenvalue weighted by molar-refractivity contribution is 0.0351. The first-order valence-corrected chi connectivity index (χ1v) is 6.48. The van der Waals surface area contributed by atoms with Crippen LogP contribution in [0.3, 0.4) is 0 Å². The summed E-state index contributed by atoms with van der Waals surface area (Å²) in [5.41, 5.74) is 2.32. The van der Waals surface area contributed by atoms with Crippen LogP contribution in [0, 0.1) is 0 Å². The van der Waals surface area contributed by atoms with Crippen LogP contribution in [0.15, 0.2) is 30.8 Å². The van der Waals surface area contributed by atoms with Crippen LogP contribution >= 0.6 is 0 Å². The lowest BCUT2D eigenvalue weighted by Crippen LogP contribution is -2.36. The van der Waals surface area contributed by atoms with Crippen LogP contribution in [0.5, 0.6) is 0 Å². The Bertz CT molecular complexity index is 475. The lowest BCUT2D eigenvalue weighted by Gasteiger charge is -2.26. The maximum Gasteiger partial charge on any atom is 0.408 e. The Labute approximate surface area is 115 Å². The van der Waals surface area contributed by atoms with Crippen molar-refractivity contribution in [1.82, 2.24) is 5.32 Å². The molecular formula is C16H23NO2. The molecule has 0 aliphatic rings. The molecule has 0 aliphatic heterocycles. The molecular weight excluding hydrogens is 238 g/mol. The molecule has 0 unspecified atom stereocenters. The summed E-state index contributed by atoms with van der Waals surface area (Å²) in [5.74, 6) is 0. The van der Waals surface area contributed by atoms with Gasteiger partial charge < -0.3 is 10.1 Å². The second-order valence-corrected chi connectivity index (χ2v) is 5.56. The number of ether oxygens (including phenoxy) is 1. The molecule has 1 N–H and O–H groups in total. The molecule has 0 saturated heterocycles. The highest BCUT2D eigenvalue weighted by molar-refractivity contribution is 5.68. The molecule has 0 fully saturated rings. The highest BCUT2D eigenvalue weighted by atomic mass is 16.6. The smallest absolute Gasteiger partial charge is 0.408 e. The Balaban J connectivity index is 2.90. The molecule has 1 rings (SSSR count). The van der Waals surface area contributed by atoms with Crippen molar-refractivity contribution in [3.8, 4) is 0 Å². The SMILES string of the molecule is C=C(C)c1cccc(C(C)(C)OC(=O)NC(C)C)c1. The summed E-state index contributed by atoms with van der Waals surface area (Å²) < 4.78 is 5.49. The summed E-state index contributed by atoms with van der Waals surface area (Å²) in [5, 5.41) is 2.73. The molecule has 0 aliphatic carbocycles. The van der Waals surface area contributed by atoms with Gasteiger partial charge in [0.25, 0.3) is 0 Å². The fourth-order valence-electron chi connectivity index (χ4n) is 1.71. The summed E-state index contributed by atoms with van der Waals surface area (Å²) in [7, 11) is 0. The van der Waals surface area contributed by atoms with Crippen molar-refractivity contribution in [1.29, 1.82) is 0 Å². The van der Waals surface area contributed by atoms with E-state index in [1.54, 1.807) is 0 Å². The third kappa shape index (κ3) is 4.43. The molecule has 3 heteroatoms. The summed E-state index contributed by atoms with van der Waals surface area (Å²) in [4.78, 5) is 11.7. The summed E-state index contributed by atoms with van der Waals surface area (Å²) >= 11 is 0. The number of benzene rings is 1. The van der Waals surface area contributed by atoms with Gasteiger partial charge in [0.15, 0.2) is 0 Å². The van der Waals surface area contributed by atoms with E-state index in [1.165, 1.54) is 0 Å². The van der Waals surface area contributed by atoms with Crippen LogP contribution < -0.4 is 5.32 Å². The second-order valence-electron chi connectivity index (χ2n) is 5.56. The standard InChI is InChI=1S/C16H23NO2/c1-11(2)13-8-7-9-14(10-13)16(5,6)19-15(18)17-12(3)4/h7-10,12H,1H2,2-6H3,(H,17,18). The van der Waals surface area contributed by atoms with Gasteiger partial charge in [0.05, 0.1) is 0 Å². The van der Waals surface area contributed by atoms with E-state index < -0.39 is 11.7 Å². The molecule has 0 bridgehead atoms. The maximum absolute atomic E-state index is 11.7. The predicted molar refractivity (Wildman–Crippen MR) is 78.9 cm³/mol. The van der Waals surface area contributed by atoms with E-state index >= 15 is 0 Å². The van der Waals surface area contributed by atoms with E-state index in [2.05, 4.69) is 11.9 Å². The van der Waals surface area contributed by atoms with Crippen molar-refractivity contribution in [3.05, 3.63) is 42.0 Å². The number of carbonyl (C=O) groups excluding carboxylic acids is 1. The van der Waals surface area contributed by atoms with Crippen molar-refractivity contribution in [3.63, 3.8) is 0 Å². The Morgan fingerprint density at radius 3 is 2.53 bits per heavy atom. The Hall–Kier alpha value is -1.77. The molecule has 0 spiro atoms. The largest absolute Gasteiger partial charge is 0.439 e. The van der Waals surface area contributed by atoms with E-state index in [4.69, 9.17) is 4.74 Å². The third-order valence-electron chi connectivity index (χ3n) is 2.80. The minimum Gasteiger partial charge on any atom is -0.439 e. The molecule has 0 radical (unpaired) electrons. The number of alkyl carbamates (subject to hydrolysis) is 1. The lowest BCUT2D eigenvalue weighted by atomic mass is 9.94. The molecule has 0 saturated carbocycles. The van der Waals surface area contributed by atoms with Crippen LogP contribution in [-0.4, -0.2) is 12.1 Å². The molecule has 104 valence electrons. The van der Waals surface area contributed by atoms with Crippen molar-refractivity contribution in [2.24, 2.45) is 0 Å². The molecule has 1 aromatic rings. The number of allylic oxidation sites excluding steroid dienone is 1. The van der Waals surface area contributed by atoms with Gasteiger partial charge in [-0.15, -0.1) is 0 Å². The van der Waals surface area contributed by atoms with Gasteiger partial charge in [0, 0.05) is 6.04 Å². The van der Waals surface area contributed by atoms with Gasteiger partial charge >= 0.3 is 6.09 Å². The fraction of sp³-hybridized carbons (Fsp3) is 0.438. The zero-order valence-electron chi connectivity index (χ0n) is 12.4. The number of hydrogen-bond acceptors (Lipinski definition) is 2. The topological polar surface area (TPSA) is 38.3 Å². The summed E-state index contributed by atoms with van der Waals surface area (Å²) in [6.07, 6.45) is -0.402. The van der Waals surface area contributed by atoms with Crippen LogP contribution in [0.4, 0.5) is 4.79 Å². The van der Waals surface area contributed by atoms with Crippen LogP contribution in [-0.2, 0) is 10.3 Å². The Morgan fingerprint density at radius 2 is 2.00 bits per heavy atom. The van der Waals surface area contributed by atoms with Crippen molar-refractivity contribution >= 4 is 11.7 Å². The number of carbonyl (C=O) groups is 1. The zero-order valence-corrected chi connectivity index (χ0v) is 12.4. The van der Waals surface area contributed by atoms with Gasteiger partial charge in [-0.2, -0.15) is 0 Å². The van der Waals surface area contributed by atoms with Crippen LogP contribution in [0.2, 0.25) is 0 Å². The van der Waals surface area contributed by atoms with Gasteiger partial charge in [-0.1, -0.05) is 30.4 Å². The molecule has 3 nitrogen and oxygen atoms in total.